The monoisotopic (exact) mass is 675 g/mol. The lowest BCUT2D eigenvalue weighted by Crippen LogP contribution is -2.58. The zero-order valence-corrected chi connectivity index (χ0v) is 28.0. The molecule has 0 radical (unpaired) electrons. The van der Waals surface area contributed by atoms with Gasteiger partial charge in [-0.15, -0.1) is 0 Å². The third-order valence-corrected chi connectivity index (χ3v) is 9.66. The summed E-state index contributed by atoms with van der Waals surface area (Å²) in [6, 6.07) is 5.84. The van der Waals surface area contributed by atoms with Crippen molar-refractivity contribution >= 4 is 39.4 Å². The van der Waals surface area contributed by atoms with E-state index in [1.165, 1.54) is 19.4 Å². The summed E-state index contributed by atoms with van der Waals surface area (Å²) in [6.07, 6.45) is 4.85. The fourth-order valence-electron chi connectivity index (χ4n) is 7.21. The van der Waals surface area contributed by atoms with Crippen LogP contribution in [-0.2, 0) is 16.0 Å². The Morgan fingerprint density at radius 1 is 1.08 bits per heavy atom. The molecular formula is C35H39F2N7O5. The van der Waals surface area contributed by atoms with Gasteiger partial charge in [-0.3, -0.25) is 15.1 Å². The molecular weight excluding hydrogens is 636 g/mol. The number of halogens is 2. The van der Waals surface area contributed by atoms with Crippen LogP contribution in [0, 0.1) is 17.0 Å². The first-order chi connectivity index (χ1) is 23.5. The Labute approximate surface area is 282 Å². The largest absolute Gasteiger partial charge is 0.468 e. The number of imide groups is 1. The average molecular weight is 676 g/mol. The number of nitrogens with zero attached hydrogens (tertiary/aromatic N) is 5. The minimum absolute atomic E-state index is 0.00885. The fourth-order valence-corrected chi connectivity index (χ4v) is 7.21. The van der Waals surface area contributed by atoms with Crippen molar-refractivity contribution in [3.8, 4) is 23.0 Å². The highest BCUT2D eigenvalue weighted by atomic mass is 19.1. The second kappa shape index (κ2) is 12.6. The summed E-state index contributed by atoms with van der Waals surface area (Å²) < 4.78 is 49.3. The van der Waals surface area contributed by atoms with E-state index in [1.807, 2.05) is 25.9 Å². The van der Waals surface area contributed by atoms with Gasteiger partial charge in [-0.25, -0.2) is 13.6 Å². The SMILES string of the molecule is CCc1c(F)ccc2cc(OCOC)cc(-c3ncc4c(N5CCCC6(C5)NC(=O)NC6=O)nc(OCC5(CN(C)C)CC5)nc4c3F)c12. The molecule has 2 N–H and O–H groups in total. The molecule has 1 atom stereocenters. The van der Waals surface area contributed by atoms with E-state index in [4.69, 9.17) is 19.2 Å². The molecule has 49 heavy (non-hydrogen) atoms. The number of ether oxygens (including phenoxy) is 3. The zero-order chi connectivity index (χ0) is 34.5. The number of hydrogen-bond acceptors (Lipinski definition) is 10. The van der Waals surface area contributed by atoms with E-state index in [0.717, 1.165) is 19.4 Å². The summed E-state index contributed by atoms with van der Waals surface area (Å²) in [5.74, 6) is -0.819. The molecule has 0 bridgehead atoms. The van der Waals surface area contributed by atoms with Crippen molar-refractivity contribution in [3.63, 3.8) is 0 Å². The van der Waals surface area contributed by atoms with E-state index in [2.05, 4.69) is 25.5 Å². The maximum Gasteiger partial charge on any atom is 0.322 e. The van der Waals surface area contributed by atoms with Gasteiger partial charge in [0.2, 0.25) is 0 Å². The second-order valence-corrected chi connectivity index (χ2v) is 13.6. The summed E-state index contributed by atoms with van der Waals surface area (Å²) in [5, 5.41) is 6.61. The number of nitrogens with one attached hydrogen (secondary N) is 2. The van der Waals surface area contributed by atoms with Gasteiger partial charge in [-0.2, -0.15) is 9.97 Å². The van der Waals surface area contributed by atoms with Gasteiger partial charge in [-0.1, -0.05) is 13.0 Å². The molecule has 1 unspecified atom stereocenters. The lowest BCUT2D eigenvalue weighted by molar-refractivity contribution is -0.124. The molecule has 12 nitrogen and oxygen atoms in total. The topological polar surface area (TPSA) is 131 Å². The number of urea groups is 1. The smallest absolute Gasteiger partial charge is 0.322 e. The van der Waals surface area contributed by atoms with Crippen LogP contribution in [-0.4, -0.2) is 91.6 Å². The van der Waals surface area contributed by atoms with Gasteiger partial charge < -0.3 is 29.3 Å². The van der Waals surface area contributed by atoms with Crippen molar-refractivity contribution in [2.24, 2.45) is 5.41 Å². The molecule has 2 aromatic heterocycles. The number of pyridine rings is 1. The minimum atomic E-state index is -1.15. The van der Waals surface area contributed by atoms with E-state index in [-0.39, 0.29) is 36.0 Å². The Bertz CT molecular complexity index is 1970. The number of aromatic nitrogens is 3. The maximum absolute atomic E-state index is 17.1. The van der Waals surface area contributed by atoms with Crippen LogP contribution < -0.4 is 25.0 Å². The van der Waals surface area contributed by atoms with Gasteiger partial charge in [0, 0.05) is 37.4 Å². The maximum atomic E-state index is 17.1. The molecule has 2 saturated heterocycles. The van der Waals surface area contributed by atoms with Crippen LogP contribution in [0.4, 0.5) is 19.4 Å². The van der Waals surface area contributed by atoms with E-state index < -0.39 is 29.1 Å². The number of carbonyl (C=O) groups excluding carboxylic acids is 2. The predicted octanol–water partition coefficient (Wildman–Crippen LogP) is 4.57. The number of anilines is 1. The molecule has 1 saturated carbocycles. The third kappa shape index (κ3) is 6.07. The summed E-state index contributed by atoms with van der Waals surface area (Å²) in [6.45, 7) is 3.58. The number of methoxy groups -OCH3 is 1. The Kier molecular flexibility index (Phi) is 8.47. The zero-order valence-electron chi connectivity index (χ0n) is 28.0. The number of piperidine rings is 1. The Morgan fingerprint density at radius 2 is 1.90 bits per heavy atom. The number of hydrogen-bond donors (Lipinski definition) is 2. The van der Waals surface area contributed by atoms with E-state index in [1.54, 1.807) is 18.2 Å². The number of carbonyl (C=O) groups is 2. The van der Waals surface area contributed by atoms with E-state index in [0.29, 0.717) is 71.3 Å². The molecule has 1 spiro atoms. The van der Waals surface area contributed by atoms with Crippen LogP contribution in [0.2, 0.25) is 0 Å². The molecule has 4 heterocycles. The summed E-state index contributed by atoms with van der Waals surface area (Å²) in [4.78, 5) is 43.0. The lowest BCUT2D eigenvalue weighted by atomic mass is 9.89. The molecule has 7 rings (SSSR count). The van der Waals surface area contributed by atoms with E-state index in [9.17, 15) is 9.59 Å². The standard InChI is InChI=1S/C35H39F2N7O5/c1-5-22-25(36)8-7-20-13-21(49-19-47-4)14-23(26(20)22)28-27(37)29-24(15-38-28)30(40-33(39-29)48-18-34(10-11-34)16-43(2)3)44-12-6-9-35(17-44)31(45)41-32(46)42-35/h7-8,13-15H,5-6,9-12,16-19H2,1-4H3,(H2,41,42,45,46). The second-order valence-electron chi connectivity index (χ2n) is 13.6. The highest BCUT2D eigenvalue weighted by molar-refractivity contribution is 6.08. The molecule has 2 aliphatic heterocycles. The lowest BCUT2D eigenvalue weighted by Gasteiger charge is -2.39. The summed E-state index contributed by atoms with van der Waals surface area (Å²) >= 11 is 0. The van der Waals surface area contributed by atoms with Crippen LogP contribution in [0.5, 0.6) is 11.8 Å². The highest BCUT2D eigenvalue weighted by Gasteiger charge is 2.49. The molecule has 2 aromatic carbocycles. The quantitative estimate of drug-likeness (QED) is 0.172. The average Bonchev–Trinajstić information content (AvgIpc) is 3.78. The van der Waals surface area contributed by atoms with Crippen LogP contribution in [0.15, 0.2) is 30.5 Å². The van der Waals surface area contributed by atoms with Crippen molar-refractivity contribution in [2.75, 3.05) is 59.1 Å². The Hall–Kier alpha value is -4.69. The third-order valence-electron chi connectivity index (χ3n) is 9.66. The van der Waals surface area contributed by atoms with Crippen LogP contribution in [0.3, 0.4) is 0 Å². The fraction of sp³-hybridized carbons (Fsp3) is 0.457. The number of rotatable bonds is 11. The van der Waals surface area contributed by atoms with Crippen LogP contribution >= 0.6 is 0 Å². The van der Waals surface area contributed by atoms with Crippen LogP contribution in [0.1, 0.15) is 38.2 Å². The summed E-state index contributed by atoms with van der Waals surface area (Å²) in [7, 11) is 5.51. The molecule has 1 aliphatic carbocycles. The first kappa shape index (κ1) is 32.8. The number of fused-ring (bicyclic) bond motifs is 2. The van der Waals surface area contributed by atoms with Crippen molar-refractivity contribution in [1.29, 1.82) is 0 Å². The number of aryl methyl sites for hydroxylation is 1. The molecule has 3 fully saturated rings. The van der Waals surface area contributed by atoms with Gasteiger partial charge in [0.25, 0.3) is 5.91 Å². The molecule has 14 heteroatoms. The van der Waals surface area contributed by atoms with Crippen molar-refractivity contribution in [1.82, 2.24) is 30.5 Å². The normalized spacial score (nSPS) is 19.9. The Morgan fingerprint density at radius 3 is 2.59 bits per heavy atom. The number of amides is 3. The van der Waals surface area contributed by atoms with Crippen molar-refractivity contribution in [3.05, 3.63) is 47.7 Å². The molecule has 4 aromatic rings. The van der Waals surface area contributed by atoms with Crippen molar-refractivity contribution < 1.29 is 32.6 Å². The predicted molar refractivity (Wildman–Crippen MR) is 179 cm³/mol. The molecule has 3 aliphatic rings. The molecule has 3 amide bonds. The van der Waals surface area contributed by atoms with Crippen molar-refractivity contribution in [2.45, 2.75) is 44.6 Å². The first-order valence-electron chi connectivity index (χ1n) is 16.4. The highest BCUT2D eigenvalue weighted by Crippen LogP contribution is 2.46. The number of benzene rings is 2. The van der Waals surface area contributed by atoms with E-state index >= 15 is 8.78 Å². The summed E-state index contributed by atoms with van der Waals surface area (Å²) in [5.41, 5.74) is -0.510. The van der Waals surface area contributed by atoms with Gasteiger partial charge in [-0.05, 0) is 80.7 Å². The van der Waals surface area contributed by atoms with Gasteiger partial charge in [0.1, 0.15) is 34.1 Å². The Balaban J connectivity index is 1.38. The van der Waals surface area contributed by atoms with Crippen LogP contribution in [0.25, 0.3) is 32.9 Å². The van der Waals surface area contributed by atoms with Gasteiger partial charge in [0.15, 0.2) is 12.6 Å². The minimum Gasteiger partial charge on any atom is -0.468 e. The molecule has 258 valence electrons. The van der Waals surface area contributed by atoms with Gasteiger partial charge in [0.05, 0.1) is 18.5 Å². The first-order valence-corrected chi connectivity index (χ1v) is 16.4. The van der Waals surface area contributed by atoms with Gasteiger partial charge >= 0.3 is 12.0 Å².